The Kier molecular flexibility index (Phi) is 6.59. The van der Waals surface area contributed by atoms with E-state index in [1.54, 1.807) is 42.6 Å². The third-order valence-corrected chi connectivity index (χ3v) is 3.87. The fraction of sp³-hybridized carbons (Fsp3) is 0.158. The number of carbonyl (C=O) groups is 1. The van der Waals surface area contributed by atoms with Crippen molar-refractivity contribution in [2.75, 3.05) is 29.0 Å². The molecule has 0 saturated heterocycles. The van der Waals surface area contributed by atoms with Crippen LogP contribution in [0.15, 0.2) is 54.7 Å². The Bertz CT molecular complexity index is 916. The van der Waals surface area contributed by atoms with Gasteiger partial charge in [0.25, 0.3) is 0 Å². The van der Waals surface area contributed by atoms with Crippen LogP contribution in [0.2, 0.25) is 5.02 Å². The number of urea groups is 1. The molecule has 28 heavy (non-hydrogen) atoms. The summed E-state index contributed by atoms with van der Waals surface area (Å²) in [5.41, 5.74) is 1.72. The van der Waals surface area contributed by atoms with Crippen molar-refractivity contribution in [3.63, 3.8) is 0 Å². The van der Waals surface area contributed by atoms with E-state index in [2.05, 4.69) is 36.4 Å². The predicted molar refractivity (Wildman–Crippen MR) is 111 cm³/mol. The summed E-state index contributed by atoms with van der Waals surface area (Å²) in [6.07, 6.45) is 1.78. The molecule has 2 aromatic heterocycles. The van der Waals surface area contributed by atoms with Crippen molar-refractivity contribution in [2.24, 2.45) is 0 Å². The van der Waals surface area contributed by atoms with Gasteiger partial charge >= 0.3 is 6.03 Å². The molecule has 0 aliphatic rings. The van der Waals surface area contributed by atoms with Crippen LogP contribution in [-0.4, -0.2) is 34.3 Å². The van der Waals surface area contributed by atoms with Crippen molar-refractivity contribution >= 4 is 40.8 Å². The van der Waals surface area contributed by atoms with E-state index in [0.29, 0.717) is 41.3 Å². The highest BCUT2D eigenvalue weighted by Crippen LogP contribution is 2.15. The first-order chi connectivity index (χ1) is 13.6. The van der Waals surface area contributed by atoms with Gasteiger partial charge in [-0.15, -0.1) is 10.2 Å². The standard InChI is InChI=1S/C19H20ClN7O/c1-13-5-6-16(23-12-13)25-18-8-7-17(26-27-18)21-9-10-22-19(28)24-15-4-2-3-14(20)11-15/h2-8,11-12H,9-10H2,1H3,(H,21,26)(H2,22,24,28)(H,23,25,27). The molecule has 0 radical (unpaired) electrons. The number of amides is 2. The monoisotopic (exact) mass is 397 g/mol. The number of pyridine rings is 1. The van der Waals surface area contributed by atoms with Gasteiger partial charge < -0.3 is 21.3 Å². The van der Waals surface area contributed by atoms with Crippen molar-refractivity contribution in [1.29, 1.82) is 0 Å². The van der Waals surface area contributed by atoms with Crippen LogP contribution < -0.4 is 21.3 Å². The Balaban J connectivity index is 1.39. The molecule has 0 unspecified atom stereocenters. The van der Waals surface area contributed by atoms with Gasteiger partial charge in [-0.25, -0.2) is 9.78 Å². The minimum atomic E-state index is -0.305. The molecule has 4 N–H and O–H groups in total. The van der Waals surface area contributed by atoms with Gasteiger partial charge in [-0.2, -0.15) is 0 Å². The molecule has 144 valence electrons. The second-order valence-electron chi connectivity index (χ2n) is 5.97. The maximum absolute atomic E-state index is 11.8. The van der Waals surface area contributed by atoms with Crippen LogP contribution in [0, 0.1) is 6.92 Å². The Hall–Kier alpha value is -3.39. The van der Waals surface area contributed by atoms with Crippen molar-refractivity contribution in [1.82, 2.24) is 20.5 Å². The van der Waals surface area contributed by atoms with E-state index in [1.165, 1.54) is 0 Å². The summed E-state index contributed by atoms with van der Waals surface area (Å²) in [6.45, 7) is 2.90. The first-order valence-corrected chi connectivity index (χ1v) is 9.04. The summed E-state index contributed by atoms with van der Waals surface area (Å²) in [4.78, 5) is 16.1. The molecule has 3 rings (SSSR count). The van der Waals surface area contributed by atoms with Crippen LogP contribution in [-0.2, 0) is 0 Å². The third kappa shape index (κ3) is 6.10. The number of rotatable bonds is 7. The van der Waals surface area contributed by atoms with E-state index >= 15 is 0 Å². The lowest BCUT2D eigenvalue weighted by Gasteiger charge is -2.09. The summed E-state index contributed by atoms with van der Waals surface area (Å²) in [7, 11) is 0. The molecular formula is C19H20ClN7O. The van der Waals surface area contributed by atoms with Gasteiger partial charge in [0.05, 0.1) is 0 Å². The van der Waals surface area contributed by atoms with Crippen LogP contribution >= 0.6 is 11.6 Å². The zero-order valence-corrected chi connectivity index (χ0v) is 16.0. The molecule has 0 spiro atoms. The molecule has 0 aliphatic heterocycles. The molecule has 2 heterocycles. The van der Waals surface area contributed by atoms with Gasteiger partial charge in [0.15, 0.2) is 5.82 Å². The van der Waals surface area contributed by atoms with Gasteiger partial charge in [0.2, 0.25) is 0 Å². The Morgan fingerprint density at radius 2 is 1.79 bits per heavy atom. The zero-order chi connectivity index (χ0) is 19.8. The molecule has 0 aliphatic carbocycles. The summed E-state index contributed by atoms with van der Waals surface area (Å²) in [6, 6.07) is 14.1. The summed E-state index contributed by atoms with van der Waals surface area (Å²) in [5.74, 6) is 1.91. The highest BCUT2D eigenvalue weighted by Gasteiger charge is 2.02. The highest BCUT2D eigenvalue weighted by atomic mass is 35.5. The van der Waals surface area contributed by atoms with Crippen molar-refractivity contribution < 1.29 is 4.79 Å². The van der Waals surface area contributed by atoms with Crippen LogP contribution in [0.5, 0.6) is 0 Å². The smallest absolute Gasteiger partial charge is 0.319 e. The highest BCUT2D eigenvalue weighted by molar-refractivity contribution is 6.30. The van der Waals surface area contributed by atoms with Crippen LogP contribution in [0.3, 0.4) is 0 Å². The van der Waals surface area contributed by atoms with Gasteiger partial charge in [0.1, 0.15) is 11.6 Å². The lowest BCUT2D eigenvalue weighted by atomic mass is 10.3. The molecule has 0 fully saturated rings. The fourth-order valence-electron chi connectivity index (χ4n) is 2.27. The van der Waals surface area contributed by atoms with E-state index < -0.39 is 0 Å². The number of halogens is 1. The van der Waals surface area contributed by atoms with Gasteiger partial charge in [-0.3, -0.25) is 0 Å². The Labute approximate surface area is 167 Å². The minimum absolute atomic E-state index is 0.305. The normalized spacial score (nSPS) is 10.2. The lowest BCUT2D eigenvalue weighted by molar-refractivity contribution is 0.252. The number of hydrogen-bond donors (Lipinski definition) is 4. The van der Waals surface area contributed by atoms with Crippen LogP contribution in [0.25, 0.3) is 0 Å². The first-order valence-electron chi connectivity index (χ1n) is 8.66. The summed E-state index contributed by atoms with van der Waals surface area (Å²) >= 11 is 5.88. The summed E-state index contributed by atoms with van der Waals surface area (Å²) < 4.78 is 0. The largest absolute Gasteiger partial charge is 0.367 e. The minimum Gasteiger partial charge on any atom is -0.367 e. The van der Waals surface area contributed by atoms with Crippen LogP contribution in [0.4, 0.5) is 27.9 Å². The zero-order valence-electron chi connectivity index (χ0n) is 15.2. The second kappa shape index (κ2) is 9.52. The number of aromatic nitrogens is 3. The summed E-state index contributed by atoms with van der Waals surface area (Å²) in [5, 5.41) is 20.4. The van der Waals surface area contributed by atoms with Gasteiger partial charge in [0, 0.05) is 30.0 Å². The SMILES string of the molecule is Cc1ccc(Nc2ccc(NCCNC(=O)Nc3cccc(Cl)c3)nn2)nc1. The molecule has 0 bridgehead atoms. The number of hydrogen-bond acceptors (Lipinski definition) is 6. The van der Waals surface area contributed by atoms with Crippen molar-refractivity contribution in [2.45, 2.75) is 6.92 Å². The average molecular weight is 398 g/mol. The van der Waals surface area contributed by atoms with Gasteiger partial charge in [-0.1, -0.05) is 23.7 Å². The second-order valence-corrected chi connectivity index (χ2v) is 6.40. The first kappa shape index (κ1) is 19.4. The molecule has 9 heteroatoms. The van der Waals surface area contributed by atoms with Crippen molar-refractivity contribution in [3.05, 3.63) is 65.3 Å². The number of benzene rings is 1. The topological polar surface area (TPSA) is 104 Å². The van der Waals surface area contributed by atoms with E-state index in [0.717, 1.165) is 5.56 Å². The molecule has 0 saturated carbocycles. The maximum atomic E-state index is 11.8. The maximum Gasteiger partial charge on any atom is 0.319 e. The number of carbonyl (C=O) groups excluding carboxylic acids is 1. The number of nitrogens with one attached hydrogen (secondary N) is 4. The molecule has 8 nitrogen and oxygen atoms in total. The molecule has 0 atom stereocenters. The Morgan fingerprint density at radius 3 is 2.50 bits per heavy atom. The third-order valence-electron chi connectivity index (χ3n) is 3.63. The fourth-order valence-corrected chi connectivity index (χ4v) is 2.46. The van der Waals surface area contributed by atoms with E-state index in [4.69, 9.17) is 11.6 Å². The Morgan fingerprint density at radius 1 is 1.00 bits per heavy atom. The average Bonchev–Trinajstić information content (AvgIpc) is 2.68. The van der Waals surface area contributed by atoms with E-state index in [-0.39, 0.29) is 6.03 Å². The van der Waals surface area contributed by atoms with E-state index in [9.17, 15) is 4.79 Å². The van der Waals surface area contributed by atoms with Crippen LogP contribution in [0.1, 0.15) is 5.56 Å². The molecule has 2 amide bonds. The van der Waals surface area contributed by atoms with E-state index in [1.807, 2.05) is 19.1 Å². The number of anilines is 4. The number of nitrogens with zero attached hydrogens (tertiary/aromatic N) is 3. The molecular weight excluding hydrogens is 378 g/mol. The molecule has 1 aromatic carbocycles. The molecule has 3 aromatic rings. The quantitative estimate of drug-likeness (QED) is 0.452. The van der Waals surface area contributed by atoms with Gasteiger partial charge in [-0.05, 0) is 48.9 Å². The van der Waals surface area contributed by atoms with Crippen molar-refractivity contribution in [3.8, 4) is 0 Å². The number of aryl methyl sites for hydroxylation is 1. The lowest BCUT2D eigenvalue weighted by Crippen LogP contribution is -2.32. The predicted octanol–water partition coefficient (Wildman–Crippen LogP) is 3.81.